The molecule has 0 spiro atoms. The van der Waals surface area contributed by atoms with Crippen molar-refractivity contribution in [2.45, 2.75) is 27.7 Å². The van der Waals surface area contributed by atoms with Gasteiger partial charge in [0.25, 0.3) is 0 Å². The Kier molecular flexibility index (Phi) is 11.9. The standard InChI is InChI=1S/C60H42F4N12/c1-35-27-65-31-69-57(35)73(43-13-5-39(61)6-14-43)51-25-52(74(44-15-7-40(62)8-16-44)58-36(2)28-66-32-70-58)48-23-24-50-54(76(46-19-11-42(64)12-20-46)60-38(4)30-68-34-72-60)26-53(49-22-21-47(51)55(48)56(49)50)75(45-17-9-41(63)10-18-45)59-37(3)29-67-33-71-59/h5-34H,1-4H3. The van der Waals surface area contributed by atoms with Gasteiger partial charge in [0.1, 0.15) is 71.8 Å². The lowest BCUT2D eigenvalue weighted by atomic mass is 9.89. The molecular formula is C60H42F4N12. The molecule has 0 aliphatic carbocycles. The number of benzene rings is 8. The quantitative estimate of drug-likeness (QED) is 0.0857. The van der Waals surface area contributed by atoms with Crippen LogP contribution in [0.2, 0.25) is 0 Å². The number of anilines is 12. The molecule has 16 heteroatoms. The number of rotatable bonds is 12. The van der Waals surface area contributed by atoms with E-state index in [4.69, 9.17) is 19.9 Å². The predicted molar refractivity (Wildman–Crippen MR) is 290 cm³/mol. The first-order valence-electron chi connectivity index (χ1n) is 24.1. The molecule has 12 nitrogen and oxygen atoms in total. The summed E-state index contributed by atoms with van der Waals surface area (Å²) in [5.41, 5.74) is 7.88. The summed E-state index contributed by atoms with van der Waals surface area (Å²) in [7, 11) is 0. The van der Waals surface area contributed by atoms with Gasteiger partial charge < -0.3 is 0 Å². The molecule has 0 unspecified atom stereocenters. The Balaban J connectivity index is 1.31. The lowest BCUT2D eigenvalue weighted by molar-refractivity contribution is 0.627. The summed E-state index contributed by atoms with van der Waals surface area (Å²) in [6, 6.07) is 37.2. The van der Waals surface area contributed by atoms with E-state index in [0.717, 1.165) is 54.6 Å². The molecule has 76 heavy (non-hydrogen) atoms. The van der Waals surface area contributed by atoms with Crippen molar-refractivity contribution >= 4 is 101 Å². The molecule has 0 N–H and O–H groups in total. The summed E-state index contributed by atoms with van der Waals surface area (Å²) >= 11 is 0. The van der Waals surface area contributed by atoms with Gasteiger partial charge >= 0.3 is 0 Å². The Morgan fingerprint density at radius 3 is 0.697 bits per heavy atom. The van der Waals surface area contributed by atoms with Gasteiger partial charge in [-0.05, 0) is 137 Å². The molecule has 8 aromatic carbocycles. The molecule has 0 bridgehead atoms. The van der Waals surface area contributed by atoms with Crippen LogP contribution in [0, 0.1) is 51.0 Å². The first-order valence-corrected chi connectivity index (χ1v) is 24.1. The van der Waals surface area contributed by atoms with Crippen molar-refractivity contribution in [3.8, 4) is 0 Å². The van der Waals surface area contributed by atoms with Crippen molar-refractivity contribution < 1.29 is 17.6 Å². The minimum absolute atomic E-state index is 0.421. The lowest BCUT2D eigenvalue weighted by Gasteiger charge is -2.34. The molecule has 0 radical (unpaired) electrons. The maximum atomic E-state index is 15.0. The molecule has 0 amide bonds. The van der Waals surface area contributed by atoms with Crippen LogP contribution in [0.15, 0.2) is 184 Å². The average molecular weight is 1010 g/mol. The monoisotopic (exact) mass is 1010 g/mol. The second-order valence-corrected chi connectivity index (χ2v) is 18.3. The zero-order valence-electron chi connectivity index (χ0n) is 41.2. The smallest absolute Gasteiger partial charge is 0.143 e. The Morgan fingerprint density at radius 1 is 0.289 bits per heavy atom. The fourth-order valence-electron chi connectivity index (χ4n) is 10.0. The van der Waals surface area contributed by atoms with Crippen LogP contribution in [-0.2, 0) is 0 Å². The minimum Gasteiger partial charge on any atom is -0.294 e. The van der Waals surface area contributed by atoms with Crippen molar-refractivity contribution in [2.24, 2.45) is 0 Å². The normalized spacial score (nSPS) is 11.4. The summed E-state index contributed by atoms with van der Waals surface area (Å²) in [4.78, 5) is 44.8. The van der Waals surface area contributed by atoms with Crippen molar-refractivity contribution in [3.05, 3.63) is 229 Å². The molecule has 0 aliphatic rings. The van der Waals surface area contributed by atoms with Crippen LogP contribution in [0.4, 0.5) is 86.3 Å². The minimum atomic E-state index is -0.421. The topological polar surface area (TPSA) is 116 Å². The van der Waals surface area contributed by atoms with Crippen LogP contribution >= 0.6 is 0 Å². The first-order chi connectivity index (χ1) is 37.0. The molecule has 12 rings (SSSR count). The second kappa shape index (κ2) is 19.1. The molecule has 4 heterocycles. The fourth-order valence-corrected chi connectivity index (χ4v) is 10.0. The van der Waals surface area contributed by atoms with Gasteiger partial charge in [0.2, 0.25) is 0 Å². The summed E-state index contributed by atoms with van der Waals surface area (Å²) in [6.07, 6.45) is 12.8. The van der Waals surface area contributed by atoms with Gasteiger partial charge in [-0.25, -0.2) is 57.4 Å². The highest BCUT2D eigenvalue weighted by Gasteiger charge is 2.31. The Labute approximate surface area is 433 Å². The average Bonchev–Trinajstić information content (AvgIpc) is 3.63. The Hall–Kier alpha value is -9.96. The number of aromatic nitrogens is 8. The van der Waals surface area contributed by atoms with Crippen LogP contribution in [0.3, 0.4) is 0 Å². The van der Waals surface area contributed by atoms with Crippen LogP contribution < -0.4 is 19.6 Å². The number of hydrogen-bond acceptors (Lipinski definition) is 12. The molecule has 0 aliphatic heterocycles. The van der Waals surface area contributed by atoms with Gasteiger partial charge in [-0.2, -0.15) is 0 Å². The SMILES string of the molecule is Cc1cncnc1N(c1ccc(F)cc1)c1cc(N(c2ccc(F)cc2)c2ncncc2C)c2ccc3c(N(c4ccc(F)cc4)c4ncncc4C)cc(N(c4ccc(F)cc4)c4ncncc4C)c4ccc1c2c43. The second-order valence-electron chi connectivity index (χ2n) is 18.3. The molecular weight excluding hydrogens is 965 g/mol. The van der Waals surface area contributed by atoms with Crippen LogP contribution in [0.1, 0.15) is 22.3 Å². The first kappa shape index (κ1) is 47.1. The van der Waals surface area contributed by atoms with Gasteiger partial charge in [0, 0.05) is 102 Å². The zero-order valence-corrected chi connectivity index (χ0v) is 41.2. The highest BCUT2D eigenvalue weighted by molar-refractivity contribution is 6.33. The van der Waals surface area contributed by atoms with Gasteiger partial charge in [-0.3, -0.25) is 19.6 Å². The van der Waals surface area contributed by atoms with Crippen molar-refractivity contribution in [3.63, 3.8) is 0 Å². The molecule has 4 aromatic heterocycles. The molecule has 0 saturated carbocycles. The van der Waals surface area contributed by atoms with E-state index in [1.807, 2.05) is 59.4 Å². The van der Waals surface area contributed by atoms with Crippen LogP contribution in [0.25, 0.3) is 32.3 Å². The third-order valence-electron chi connectivity index (χ3n) is 13.4. The van der Waals surface area contributed by atoms with Crippen molar-refractivity contribution in [2.75, 3.05) is 19.6 Å². The summed E-state index contributed by atoms with van der Waals surface area (Å²) in [6.45, 7) is 7.65. The van der Waals surface area contributed by atoms with E-state index in [-0.39, 0.29) is 0 Å². The molecule has 0 saturated heterocycles. The maximum absolute atomic E-state index is 15.0. The number of hydrogen-bond donors (Lipinski definition) is 0. The van der Waals surface area contributed by atoms with E-state index in [2.05, 4.69) is 44.2 Å². The summed E-state index contributed by atoms with van der Waals surface area (Å²) in [5, 5.41) is 4.61. The maximum Gasteiger partial charge on any atom is 0.143 e. The highest BCUT2D eigenvalue weighted by atomic mass is 19.1. The van der Waals surface area contributed by atoms with E-state index in [1.165, 1.54) is 73.8 Å². The van der Waals surface area contributed by atoms with E-state index in [0.29, 0.717) is 68.8 Å². The van der Waals surface area contributed by atoms with E-state index in [1.54, 1.807) is 73.3 Å². The van der Waals surface area contributed by atoms with Gasteiger partial charge in [0.15, 0.2) is 0 Å². The lowest BCUT2D eigenvalue weighted by Crippen LogP contribution is -2.18. The number of aryl methyl sites for hydroxylation is 4. The third-order valence-corrected chi connectivity index (χ3v) is 13.4. The van der Waals surface area contributed by atoms with Crippen LogP contribution in [-0.4, -0.2) is 39.9 Å². The predicted octanol–water partition coefficient (Wildman–Crippen LogP) is 15.4. The van der Waals surface area contributed by atoms with Crippen molar-refractivity contribution in [1.29, 1.82) is 0 Å². The van der Waals surface area contributed by atoms with E-state index < -0.39 is 23.3 Å². The van der Waals surface area contributed by atoms with Crippen molar-refractivity contribution in [1.82, 2.24) is 39.9 Å². The summed E-state index contributed by atoms with van der Waals surface area (Å²) < 4.78 is 60.0. The molecule has 12 aromatic rings. The van der Waals surface area contributed by atoms with Gasteiger partial charge in [-0.15, -0.1) is 0 Å². The summed E-state index contributed by atoms with van der Waals surface area (Å²) in [5.74, 6) is 0.423. The molecule has 0 atom stereocenters. The third kappa shape index (κ3) is 8.21. The molecule has 0 fully saturated rings. The fraction of sp³-hybridized carbons (Fsp3) is 0.0667. The number of nitrogens with zero attached hydrogens (tertiary/aromatic N) is 12. The number of halogens is 4. The zero-order chi connectivity index (χ0) is 52.2. The van der Waals surface area contributed by atoms with Gasteiger partial charge in [-0.1, -0.05) is 24.3 Å². The Bertz CT molecular complexity index is 3600. The largest absolute Gasteiger partial charge is 0.294 e. The van der Waals surface area contributed by atoms with Crippen LogP contribution in [0.5, 0.6) is 0 Å². The van der Waals surface area contributed by atoms with E-state index in [9.17, 15) is 0 Å². The molecule has 370 valence electrons. The highest BCUT2D eigenvalue weighted by Crippen LogP contribution is 2.55. The van der Waals surface area contributed by atoms with E-state index >= 15 is 17.6 Å². The van der Waals surface area contributed by atoms with Gasteiger partial charge in [0.05, 0.1) is 22.7 Å². The Morgan fingerprint density at radius 2 is 0.500 bits per heavy atom.